The summed E-state index contributed by atoms with van der Waals surface area (Å²) in [6, 6.07) is 1.21. The number of aromatic nitrogens is 2. The molecule has 0 aromatic carbocycles. The Morgan fingerprint density at radius 2 is 2.12 bits per heavy atom. The fourth-order valence-corrected chi connectivity index (χ4v) is 1.09. The molecule has 0 spiro atoms. The van der Waals surface area contributed by atoms with Crippen LogP contribution in [0, 0.1) is 0 Å². The van der Waals surface area contributed by atoms with Crippen molar-refractivity contribution in [1.82, 2.24) is 9.97 Å². The number of aliphatic hydroxyl groups excluding tert-OH is 1. The zero-order valence-corrected chi connectivity index (χ0v) is 9.12. The summed E-state index contributed by atoms with van der Waals surface area (Å²) in [5, 5.41) is 11.6. The molecule has 0 saturated carbocycles. The van der Waals surface area contributed by atoms with Gasteiger partial charge < -0.3 is 16.2 Å². The molecule has 1 aromatic heterocycles. The van der Waals surface area contributed by atoms with Gasteiger partial charge in [-0.1, -0.05) is 0 Å². The van der Waals surface area contributed by atoms with E-state index in [0.717, 1.165) is 0 Å². The van der Waals surface area contributed by atoms with Crippen molar-refractivity contribution in [2.24, 2.45) is 0 Å². The van der Waals surface area contributed by atoms with Crippen LogP contribution in [0.15, 0.2) is 6.07 Å². The largest absolute Gasteiger partial charge is 0.451 e. The van der Waals surface area contributed by atoms with Crippen LogP contribution in [-0.2, 0) is 6.18 Å². The van der Waals surface area contributed by atoms with Crippen molar-refractivity contribution in [3.63, 3.8) is 0 Å². The number of hydrogen-bond acceptors (Lipinski definition) is 5. The molecule has 8 heteroatoms. The monoisotopic (exact) mass is 250 g/mol. The van der Waals surface area contributed by atoms with Gasteiger partial charge in [-0.25, -0.2) is 9.97 Å². The molecule has 1 rings (SSSR count). The van der Waals surface area contributed by atoms with Gasteiger partial charge in [0.15, 0.2) is 0 Å². The first kappa shape index (κ1) is 13.5. The third-order valence-corrected chi connectivity index (χ3v) is 1.87. The Morgan fingerprint density at radius 3 is 2.65 bits per heavy atom. The molecule has 0 aliphatic rings. The van der Waals surface area contributed by atoms with Crippen LogP contribution in [-0.4, -0.2) is 27.7 Å². The Kier molecular flexibility index (Phi) is 4.11. The molecule has 0 aliphatic carbocycles. The molecule has 1 atom stereocenters. The van der Waals surface area contributed by atoms with E-state index >= 15 is 0 Å². The van der Waals surface area contributed by atoms with E-state index in [2.05, 4.69) is 15.3 Å². The van der Waals surface area contributed by atoms with Crippen LogP contribution in [0.3, 0.4) is 0 Å². The van der Waals surface area contributed by atoms with E-state index in [1.165, 1.54) is 6.07 Å². The zero-order valence-electron chi connectivity index (χ0n) is 9.12. The van der Waals surface area contributed by atoms with E-state index in [4.69, 9.17) is 10.8 Å². The smallest absolute Gasteiger partial charge is 0.393 e. The maximum atomic E-state index is 12.3. The highest BCUT2D eigenvalue weighted by molar-refractivity contribution is 5.44. The lowest BCUT2D eigenvalue weighted by Crippen LogP contribution is -2.16. The van der Waals surface area contributed by atoms with E-state index in [9.17, 15) is 13.2 Å². The van der Waals surface area contributed by atoms with Crippen molar-refractivity contribution >= 4 is 11.6 Å². The predicted molar refractivity (Wildman–Crippen MR) is 56.2 cm³/mol. The van der Waals surface area contributed by atoms with Crippen LogP contribution in [0.5, 0.6) is 0 Å². The second-order valence-corrected chi connectivity index (χ2v) is 3.56. The zero-order chi connectivity index (χ0) is 13.1. The van der Waals surface area contributed by atoms with Gasteiger partial charge in [-0.05, 0) is 13.3 Å². The Labute approximate surface area is 95.9 Å². The molecule has 4 N–H and O–H groups in total. The van der Waals surface area contributed by atoms with Gasteiger partial charge in [0, 0.05) is 12.6 Å². The molecule has 5 nitrogen and oxygen atoms in total. The number of nitrogens with one attached hydrogen (secondary N) is 1. The first-order chi connectivity index (χ1) is 7.79. The van der Waals surface area contributed by atoms with Crippen molar-refractivity contribution in [2.75, 3.05) is 17.6 Å². The minimum atomic E-state index is -4.63. The van der Waals surface area contributed by atoms with Crippen molar-refractivity contribution in [2.45, 2.75) is 25.6 Å². The molecule has 0 aliphatic heterocycles. The number of halogens is 3. The van der Waals surface area contributed by atoms with Crippen molar-refractivity contribution < 1.29 is 18.3 Å². The van der Waals surface area contributed by atoms with Crippen LogP contribution in [0.25, 0.3) is 0 Å². The van der Waals surface area contributed by atoms with Gasteiger partial charge in [0.1, 0.15) is 11.6 Å². The van der Waals surface area contributed by atoms with Gasteiger partial charge >= 0.3 is 6.18 Å². The number of aliphatic hydroxyl groups is 1. The number of anilines is 2. The quantitative estimate of drug-likeness (QED) is 0.749. The number of nitrogens with two attached hydrogens (primary N) is 1. The van der Waals surface area contributed by atoms with Gasteiger partial charge in [0.25, 0.3) is 0 Å². The summed E-state index contributed by atoms with van der Waals surface area (Å²) < 4.78 is 37.0. The highest BCUT2D eigenvalue weighted by Gasteiger charge is 2.35. The van der Waals surface area contributed by atoms with Crippen molar-refractivity contribution in [3.05, 3.63) is 11.9 Å². The van der Waals surface area contributed by atoms with Gasteiger partial charge in [-0.15, -0.1) is 0 Å². The highest BCUT2D eigenvalue weighted by Crippen LogP contribution is 2.27. The molecule has 0 fully saturated rings. The fourth-order valence-electron chi connectivity index (χ4n) is 1.09. The first-order valence-electron chi connectivity index (χ1n) is 4.92. The molecule has 0 amide bonds. The summed E-state index contributed by atoms with van der Waals surface area (Å²) >= 11 is 0. The molecule has 96 valence electrons. The average Bonchev–Trinajstić information content (AvgIpc) is 2.14. The Bertz CT molecular complexity index is 381. The lowest BCUT2D eigenvalue weighted by atomic mass is 10.3. The minimum absolute atomic E-state index is 0.00882. The lowest BCUT2D eigenvalue weighted by molar-refractivity contribution is -0.144. The topological polar surface area (TPSA) is 84.1 Å². The second-order valence-electron chi connectivity index (χ2n) is 3.56. The SMILES string of the molecule is CC(O)CCNc1cc(N)nc(C(F)(F)F)n1. The first-order valence-corrected chi connectivity index (χ1v) is 4.92. The number of rotatable bonds is 4. The Balaban J connectivity index is 2.76. The van der Waals surface area contributed by atoms with Crippen LogP contribution in [0.2, 0.25) is 0 Å². The minimum Gasteiger partial charge on any atom is -0.393 e. The summed E-state index contributed by atoms with van der Waals surface area (Å²) in [6.45, 7) is 1.88. The fraction of sp³-hybridized carbons (Fsp3) is 0.556. The van der Waals surface area contributed by atoms with E-state index in [0.29, 0.717) is 13.0 Å². The lowest BCUT2D eigenvalue weighted by Gasteiger charge is -2.10. The molecular weight excluding hydrogens is 237 g/mol. The Morgan fingerprint density at radius 1 is 1.47 bits per heavy atom. The number of alkyl halides is 3. The number of nitrogens with zero attached hydrogens (tertiary/aromatic N) is 2. The molecule has 1 unspecified atom stereocenters. The van der Waals surface area contributed by atoms with Crippen LogP contribution < -0.4 is 11.1 Å². The molecule has 0 bridgehead atoms. The molecule has 0 radical (unpaired) electrons. The third-order valence-electron chi connectivity index (χ3n) is 1.87. The molecular formula is C9H13F3N4O. The molecule has 1 aromatic rings. The van der Waals surface area contributed by atoms with Gasteiger partial charge in [0.05, 0.1) is 6.10 Å². The predicted octanol–water partition coefficient (Wildman–Crippen LogP) is 1.26. The number of nitrogen functional groups attached to an aromatic ring is 1. The second kappa shape index (κ2) is 5.17. The van der Waals surface area contributed by atoms with Crippen LogP contribution >= 0.6 is 0 Å². The average molecular weight is 250 g/mol. The third kappa shape index (κ3) is 4.43. The summed E-state index contributed by atoms with van der Waals surface area (Å²) in [6.07, 6.45) is -4.77. The van der Waals surface area contributed by atoms with Crippen LogP contribution in [0.1, 0.15) is 19.2 Å². The van der Waals surface area contributed by atoms with Gasteiger partial charge in [-0.3, -0.25) is 0 Å². The number of hydrogen-bond donors (Lipinski definition) is 3. The molecule has 17 heavy (non-hydrogen) atoms. The van der Waals surface area contributed by atoms with Gasteiger partial charge in [0.2, 0.25) is 5.82 Å². The van der Waals surface area contributed by atoms with E-state index in [-0.39, 0.29) is 11.6 Å². The van der Waals surface area contributed by atoms with E-state index < -0.39 is 18.1 Å². The van der Waals surface area contributed by atoms with Crippen LogP contribution in [0.4, 0.5) is 24.8 Å². The maximum Gasteiger partial charge on any atom is 0.451 e. The van der Waals surface area contributed by atoms with Gasteiger partial charge in [-0.2, -0.15) is 13.2 Å². The van der Waals surface area contributed by atoms with Crippen molar-refractivity contribution in [1.29, 1.82) is 0 Å². The van der Waals surface area contributed by atoms with Crippen molar-refractivity contribution in [3.8, 4) is 0 Å². The summed E-state index contributed by atoms with van der Waals surface area (Å²) in [5.41, 5.74) is 5.25. The standard InChI is InChI=1S/C9H13F3N4O/c1-5(17)2-3-14-7-4-6(13)15-8(16-7)9(10,11)12/h4-5,17H,2-3H2,1H3,(H3,13,14,15,16). The summed E-state index contributed by atoms with van der Waals surface area (Å²) in [5.74, 6) is -1.55. The van der Waals surface area contributed by atoms with E-state index in [1.807, 2.05) is 0 Å². The summed E-state index contributed by atoms with van der Waals surface area (Å²) in [4.78, 5) is 6.39. The van der Waals surface area contributed by atoms with E-state index in [1.54, 1.807) is 6.92 Å². The maximum absolute atomic E-state index is 12.3. The molecule has 0 saturated heterocycles. The molecule has 1 heterocycles. The highest BCUT2D eigenvalue weighted by atomic mass is 19.4. The Hall–Kier alpha value is -1.57. The normalized spacial score (nSPS) is 13.5. The summed E-state index contributed by atoms with van der Waals surface area (Å²) in [7, 11) is 0.